The monoisotopic (exact) mass is 375 g/mol. The van der Waals surface area contributed by atoms with Gasteiger partial charge in [0.25, 0.3) is 5.91 Å². The van der Waals surface area contributed by atoms with E-state index in [1.807, 2.05) is 0 Å². The summed E-state index contributed by atoms with van der Waals surface area (Å²) in [6.07, 6.45) is -0.211. The largest absolute Gasteiger partial charge is 0.493 e. The minimum absolute atomic E-state index is 0.0655. The van der Waals surface area contributed by atoms with E-state index in [1.165, 1.54) is 0 Å². The van der Waals surface area contributed by atoms with Gasteiger partial charge in [0.2, 0.25) is 17.0 Å². The van der Waals surface area contributed by atoms with Gasteiger partial charge in [-0.1, -0.05) is 30.0 Å². The van der Waals surface area contributed by atoms with Crippen molar-refractivity contribution in [3.05, 3.63) is 24.3 Å². The van der Waals surface area contributed by atoms with E-state index in [4.69, 9.17) is 5.11 Å². The second kappa shape index (κ2) is 7.35. The lowest BCUT2D eigenvalue weighted by molar-refractivity contribution is -0.137. The van der Waals surface area contributed by atoms with E-state index in [-0.39, 0.29) is 23.2 Å². The fraction of sp³-hybridized carbons (Fsp3) is 0.200. The number of carbonyl (C=O) groups excluding carboxylic acids is 2. The number of benzene rings is 1. The number of rotatable bonds is 5. The molecule has 1 aromatic heterocycles. The van der Waals surface area contributed by atoms with Gasteiger partial charge in [0.15, 0.2) is 5.69 Å². The number of amidine groups is 1. The summed E-state index contributed by atoms with van der Waals surface area (Å²) in [4.78, 5) is 40.3. The van der Waals surface area contributed by atoms with Gasteiger partial charge in [-0.2, -0.15) is 4.99 Å². The van der Waals surface area contributed by atoms with Crippen LogP contribution < -0.4 is 5.32 Å². The van der Waals surface area contributed by atoms with E-state index < -0.39 is 29.6 Å². The Morgan fingerprint density at radius 1 is 1.31 bits per heavy atom. The van der Waals surface area contributed by atoms with E-state index in [0.29, 0.717) is 10.9 Å². The standard InChI is InChI=1S/C15H13N5O5S/c21-10(16-6-11(22)23)5-9-13(24)18-15(26-9)20-19-12-7-3-1-2-4-8(7)17-14(12)25/h1-4,9,17,25H,5-6H2,(H,16,21)(H,22,23)/t9-/m1/s1. The van der Waals surface area contributed by atoms with Gasteiger partial charge in [-0.25, -0.2) is 0 Å². The molecule has 0 bridgehead atoms. The van der Waals surface area contributed by atoms with Crippen molar-refractivity contribution in [2.45, 2.75) is 11.7 Å². The lowest BCUT2D eigenvalue weighted by Crippen LogP contribution is -2.32. The first kappa shape index (κ1) is 17.6. The van der Waals surface area contributed by atoms with Crippen molar-refractivity contribution in [3.8, 4) is 5.88 Å². The molecule has 0 fully saturated rings. The number of nitrogens with zero attached hydrogens (tertiary/aromatic N) is 3. The van der Waals surface area contributed by atoms with Crippen LogP contribution in [0.4, 0.5) is 5.69 Å². The van der Waals surface area contributed by atoms with Crippen LogP contribution in [0.25, 0.3) is 10.9 Å². The Balaban J connectivity index is 1.66. The third-order valence-corrected chi connectivity index (χ3v) is 4.47. The number of aromatic amines is 1. The first-order valence-electron chi connectivity index (χ1n) is 7.43. The summed E-state index contributed by atoms with van der Waals surface area (Å²) in [5.74, 6) is -2.44. The molecular formula is C15H13N5O5S. The molecule has 134 valence electrons. The lowest BCUT2D eigenvalue weighted by atomic mass is 10.2. The average Bonchev–Trinajstić information content (AvgIpc) is 3.10. The smallest absolute Gasteiger partial charge is 0.322 e. The van der Waals surface area contributed by atoms with Crippen molar-refractivity contribution in [1.29, 1.82) is 0 Å². The lowest BCUT2D eigenvalue weighted by Gasteiger charge is -2.05. The number of carbonyl (C=O) groups is 3. The molecule has 0 saturated carbocycles. The van der Waals surface area contributed by atoms with Crippen LogP contribution in [-0.2, 0) is 14.4 Å². The fourth-order valence-electron chi connectivity index (χ4n) is 2.27. The predicted molar refractivity (Wildman–Crippen MR) is 93.6 cm³/mol. The van der Waals surface area contributed by atoms with Gasteiger partial charge in [0.05, 0.1) is 5.52 Å². The number of carboxylic acid groups (broad SMARTS) is 1. The Labute approximate surface area is 150 Å². The number of aliphatic imine (C=N–C) groups is 1. The summed E-state index contributed by atoms with van der Waals surface area (Å²) in [6, 6.07) is 7.11. The summed E-state index contributed by atoms with van der Waals surface area (Å²) in [5.41, 5.74) is 0.906. The number of carboxylic acids is 1. The molecular weight excluding hydrogens is 362 g/mol. The molecule has 0 unspecified atom stereocenters. The molecule has 2 heterocycles. The predicted octanol–water partition coefficient (Wildman–Crippen LogP) is 1.55. The molecule has 1 aliphatic rings. The Morgan fingerprint density at radius 2 is 2.08 bits per heavy atom. The summed E-state index contributed by atoms with van der Waals surface area (Å²) in [5, 5.41) is 28.4. The van der Waals surface area contributed by atoms with Gasteiger partial charge in [-0.15, -0.1) is 10.2 Å². The number of nitrogens with one attached hydrogen (secondary N) is 2. The van der Waals surface area contributed by atoms with E-state index in [9.17, 15) is 19.5 Å². The topological polar surface area (TPSA) is 157 Å². The third-order valence-electron chi connectivity index (χ3n) is 3.43. The van der Waals surface area contributed by atoms with Crippen molar-refractivity contribution >= 4 is 51.3 Å². The van der Waals surface area contributed by atoms with Gasteiger partial charge in [0, 0.05) is 11.8 Å². The average molecular weight is 375 g/mol. The van der Waals surface area contributed by atoms with Crippen molar-refractivity contribution < 1.29 is 24.6 Å². The van der Waals surface area contributed by atoms with Gasteiger partial charge in [-0.05, 0) is 6.07 Å². The van der Waals surface area contributed by atoms with Crippen molar-refractivity contribution in [3.63, 3.8) is 0 Å². The number of aromatic nitrogens is 1. The number of aromatic hydroxyl groups is 1. The maximum absolute atomic E-state index is 11.8. The van der Waals surface area contributed by atoms with Crippen LogP contribution in [0.15, 0.2) is 39.5 Å². The third kappa shape index (κ3) is 3.88. The number of fused-ring (bicyclic) bond motifs is 1. The summed E-state index contributed by atoms with van der Waals surface area (Å²) < 4.78 is 0. The van der Waals surface area contributed by atoms with Crippen LogP contribution in [-0.4, -0.2) is 49.9 Å². The molecule has 0 radical (unpaired) electrons. The molecule has 11 heteroatoms. The minimum atomic E-state index is -1.17. The molecule has 2 amide bonds. The number of thioether (sulfide) groups is 1. The highest BCUT2D eigenvalue weighted by Gasteiger charge is 2.31. The highest BCUT2D eigenvalue weighted by atomic mass is 32.2. The highest BCUT2D eigenvalue weighted by molar-refractivity contribution is 8.15. The number of amides is 2. The summed E-state index contributed by atoms with van der Waals surface area (Å²) >= 11 is 0.954. The molecule has 1 aliphatic heterocycles. The Hall–Kier alpha value is -3.21. The quantitative estimate of drug-likeness (QED) is 0.581. The molecule has 0 spiro atoms. The first-order valence-corrected chi connectivity index (χ1v) is 8.31. The normalized spacial score (nSPS) is 17.0. The van der Waals surface area contributed by atoms with E-state index >= 15 is 0 Å². The Kier molecular flexibility index (Phi) is 4.98. The first-order chi connectivity index (χ1) is 12.4. The van der Waals surface area contributed by atoms with Crippen LogP contribution >= 0.6 is 11.8 Å². The van der Waals surface area contributed by atoms with Gasteiger partial charge in [-0.3, -0.25) is 14.4 Å². The van der Waals surface area contributed by atoms with E-state index in [1.54, 1.807) is 24.3 Å². The molecule has 1 aromatic carbocycles. The van der Waals surface area contributed by atoms with E-state index in [2.05, 4.69) is 25.5 Å². The molecule has 0 aliphatic carbocycles. The molecule has 2 aromatic rings. The highest BCUT2D eigenvalue weighted by Crippen LogP contribution is 2.36. The second-order valence-electron chi connectivity index (χ2n) is 5.28. The van der Waals surface area contributed by atoms with Crippen LogP contribution in [0, 0.1) is 0 Å². The summed E-state index contributed by atoms with van der Waals surface area (Å²) in [6.45, 7) is -0.516. The number of H-pyrrole nitrogens is 1. The SMILES string of the molecule is O=C(O)CNC(=O)C[C@H]1SC(N=Nc2c(O)[nH]c3ccccc23)=NC1=O. The maximum Gasteiger partial charge on any atom is 0.322 e. The minimum Gasteiger partial charge on any atom is -0.493 e. The van der Waals surface area contributed by atoms with Crippen LogP contribution in [0.1, 0.15) is 6.42 Å². The van der Waals surface area contributed by atoms with Crippen LogP contribution in [0.5, 0.6) is 5.88 Å². The molecule has 0 saturated heterocycles. The zero-order chi connectivity index (χ0) is 18.7. The van der Waals surface area contributed by atoms with Crippen molar-refractivity contribution in [2.24, 2.45) is 15.2 Å². The molecule has 1 atom stereocenters. The van der Waals surface area contributed by atoms with Gasteiger partial charge >= 0.3 is 5.97 Å². The van der Waals surface area contributed by atoms with Crippen LogP contribution in [0.3, 0.4) is 0 Å². The summed E-state index contributed by atoms with van der Waals surface area (Å²) in [7, 11) is 0. The van der Waals surface area contributed by atoms with Gasteiger partial charge in [0.1, 0.15) is 11.8 Å². The fourth-order valence-corrected chi connectivity index (χ4v) is 3.14. The molecule has 10 nitrogen and oxygen atoms in total. The number of azo groups is 1. The Morgan fingerprint density at radius 3 is 2.85 bits per heavy atom. The van der Waals surface area contributed by atoms with Crippen molar-refractivity contribution in [2.75, 3.05) is 6.54 Å². The second-order valence-corrected chi connectivity index (χ2v) is 6.45. The number of para-hydroxylation sites is 1. The number of hydrogen-bond acceptors (Lipinski definition) is 7. The van der Waals surface area contributed by atoms with Gasteiger partial charge < -0.3 is 20.5 Å². The zero-order valence-corrected chi connectivity index (χ0v) is 14.0. The van der Waals surface area contributed by atoms with E-state index in [0.717, 1.165) is 11.8 Å². The zero-order valence-electron chi connectivity index (χ0n) is 13.2. The molecule has 26 heavy (non-hydrogen) atoms. The number of hydrogen-bond donors (Lipinski definition) is 4. The molecule has 4 N–H and O–H groups in total. The van der Waals surface area contributed by atoms with Crippen molar-refractivity contribution in [1.82, 2.24) is 10.3 Å². The number of aliphatic carboxylic acids is 1. The van der Waals surface area contributed by atoms with Crippen LogP contribution in [0.2, 0.25) is 0 Å². The Bertz CT molecular complexity index is 951. The molecule has 3 rings (SSSR count). The maximum atomic E-state index is 11.8.